The van der Waals surface area contributed by atoms with Gasteiger partial charge in [-0.15, -0.1) is 0 Å². The van der Waals surface area contributed by atoms with Gasteiger partial charge in [-0.05, 0) is 39.2 Å². The molecule has 1 amide bonds. The van der Waals surface area contributed by atoms with E-state index in [0.29, 0.717) is 11.8 Å². The number of nitrogens with one attached hydrogen (secondary N) is 1. The number of carbonyl (C=O) groups excluding carboxylic acids is 1. The second kappa shape index (κ2) is 6.90. The quantitative estimate of drug-likeness (QED) is 0.809. The molecule has 20 heavy (non-hydrogen) atoms. The van der Waals surface area contributed by atoms with E-state index in [1.165, 1.54) is 25.7 Å². The fraction of sp³-hybridized carbons (Fsp3) is 0.938. The molecule has 1 aliphatic heterocycles. The van der Waals surface area contributed by atoms with Gasteiger partial charge in [0.25, 0.3) is 0 Å². The molecule has 1 saturated carbocycles. The Labute approximate surface area is 123 Å². The van der Waals surface area contributed by atoms with Crippen LogP contribution < -0.4 is 5.32 Å². The topological polar surface area (TPSA) is 35.6 Å². The molecule has 1 N–H and O–H groups in total. The summed E-state index contributed by atoms with van der Waals surface area (Å²) in [6, 6.07) is 0.768. The molecule has 0 spiro atoms. The van der Waals surface area contributed by atoms with Gasteiger partial charge >= 0.3 is 0 Å². The minimum atomic E-state index is 0.0294. The maximum Gasteiger partial charge on any atom is 0.241 e. The van der Waals surface area contributed by atoms with Gasteiger partial charge in [-0.1, -0.05) is 26.7 Å². The van der Waals surface area contributed by atoms with E-state index < -0.39 is 0 Å². The Morgan fingerprint density at radius 1 is 1.35 bits per heavy atom. The van der Waals surface area contributed by atoms with Crippen molar-refractivity contribution >= 4 is 5.91 Å². The number of likely N-dealkylation sites (N-methyl/N-ethyl adjacent to an activating group) is 1. The first-order valence-corrected chi connectivity index (χ1v) is 8.25. The van der Waals surface area contributed by atoms with Crippen molar-refractivity contribution in [2.75, 3.05) is 20.1 Å². The standard InChI is InChI=1S/C16H31N3O/c1-12(2)11-15-16(20)19(13(3)17-15)10-9-18(4)14-7-5-6-8-14/h12-15,17H,5-11H2,1-4H3. The maximum atomic E-state index is 12.4. The van der Waals surface area contributed by atoms with Crippen LogP contribution in [0.4, 0.5) is 0 Å². The average Bonchev–Trinajstić information content (AvgIpc) is 2.98. The van der Waals surface area contributed by atoms with Crippen LogP contribution in [0.1, 0.15) is 52.9 Å². The van der Waals surface area contributed by atoms with E-state index in [1.54, 1.807) is 0 Å². The minimum Gasteiger partial charge on any atom is -0.325 e. The summed E-state index contributed by atoms with van der Waals surface area (Å²) in [4.78, 5) is 16.9. The van der Waals surface area contributed by atoms with Crippen LogP contribution in [-0.2, 0) is 4.79 Å². The molecule has 2 atom stereocenters. The van der Waals surface area contributed by atoms with E-state index in [1.807, 2.05) is 4.90 Å². The van der Waals surface area contributed by atoms with Gasteiger partial charge in [-0.2, -0.15) is 0 Å². The Balaban J connectivity index is 1.81. The van der Waals surface area contributed by atoms with Crippen LogP contribution in [0.3, 0.4) is 0 Å². The Kier molecular flexibility index (Phi) is 5.44. The predicted molar refractivity (Wildman–Crippen MR) is 82.4 cm³/mol. The number of nitrogens with zero attached hydrogens (tertiary/aromatic N) is 2. The fourth-order valence-corrected chi connectivity index (χ4v) is 3.58. The van der Waals surface area contributed by atoms with E-state index in [-0.39, 0.29) is 12.2 Å². The summed E-state index contributed by atoms with van der Waals surface area (Å²) in [6.07, 6.45) is 6.52. The molecule has 2 unspecified atom stereocenters. The first-order valence-electron chi connectivity index (χ1n) is 8.25. The molecule has 4 heteroatoms. The highest BCUT2D eigenvalue weighted by molar-refractivity contribution is 5.84. The number of amides is 1. The first kappa shape index (κ1) is 15.8. The molecule has 2 fully saturated rings. The molecule has 0 bridgehead atoms. The van der Waals surface area contributed by atoms with Gasteiger partial charge in [0.1, 0.15) is 0 Å². The summed E-state index contributed by atoms with van der Waals surface area (Å²) >= 11 is 0. The van der Waals surface area contributed by atoms with Crippen LogP contribution in [-0.4, -0.2) is 54.1 Å². The van der Waals surface area contributed by atoms with Crippen molar-refractivity contribution in [1.29, 1.82) is 0 Å². The van der Waals surface area contributed by atoms with Crippen molar-refractivity contribution < 1.29 is 4.79 Å². The van der Waals surface area contributed by atoms with E-state index in [2.05, 4.69) is 38.0 Å². The predicted octanol–water partition coefficient (Wildman–Crippen LogP) is 2.05. The van der Waals surface area contributed by atoms with Crippen molar-refractivity contribution in [2.45, 2.75) is 71.1 Å². The summed E-state index contributed by atoms with van der Waals surface area (Å²) in [6.45, 7) is 8.31. The molecule has 0 aromatic carbocycles. The lowest BCUT2D eigenvalue weighted by atomic mass is 10.0. The normalized spacial score (nSPS) is 28.3. The van der Waals surface area contributed by atoms with Crippen molar-refractivity contribution in [3.63, 3.8) is 0 Å². The van der Waals surface area contributed by atoms with Gasteiger partial charge < -0.3 is 9.80 Å². The van der Waals surface area contributed by atoms with E-state index in [4.69, 9.17) is 0 Å². The highest BCUT2D eigenvalue weighted by Crippen LogP contribution is 2.22. The zero-order valence-corrected chi connectivity index (χ0v) is 13.6. The van der Waals surface area contributed by atoms with Crippen molar-refractivity contribution in [3.8, 4) is 0 Å². The van der Waals surface area contributed by atoms with Crippen LogP contribution in [0.5, 0.6) is 0 Å². The monoisotopic (exact) mass is 281 g/mol. The third kappa shape index (κ3) is 3.73. The van der Waals surface area contributed by atoms with Crippen LogP contribution in [0.2, 0.25) is 0 Å². The molecule has 1 heterocycles. The molecule has 2 rings (SSSR count). The third-order valence-corrected chi connectivity index (χ3v) is 4.84. The maximum absolute atomic E-state index is 12.4. The van der Waals surface area contributed by atoms with Gasteiger partial charge in [0.2, 0.25) is 5.91 Å². The Morgan fingerprint density at radius 3 is 2.60 bits per heavy atom. The molecular formula is C16H31N3O. The second-order valence-electron chi connectivity index (χ2n) is 6.98. The summed E-state index contributed by atoms with van der Waals surface area (Å²) in [7, 11) is 2.21. The van der Waals surface area contributed by atoms with E-state index >= 15 is 0 Å². The molecule has 1 aliphatic carbocycles. The van der Waals surface area contributed by atoms with Crippen LogP contribution in [0.25, 0.3) is 0 Å². The lowest BCUT2D eigenvalue weighted by Gasteiger charge is -2.28. The number of rotatable bonds is 6. The Hall–Kier alpha value is -0.610. The van der Waals surface area contributed by atoms with Crippen molar-refractivity contribution in [1.82, 2.24) is 15.1 Å². The van der Waals surface area contributed by atoms with E-state index in [0.717, 1.165) is 25.6 Å². The summed E-state index contributed by atoms with van der Waals surface area (Å²) in [5, 5.41) is 3.44. The number of hydrogen-bond donors (Lipinski definition) is 1. The van der Waals surface area contributed by atoms with Crippen LogP contribution in [0, 0.1) is 5.92 Å². The second-order valence-corrected chi connectivity index (χ2v) is 6.98. The molecule has 1 saturated heterocycles. The zero-order valence-electron chi connectivity index (χ0n) is 13.6. The molecule has 0 aromatic heterocycles. The molecule has 0 aromatic rings. The Bertz CT molecular complexity index is 326. The SMILES string of the molecule is CC(C)CC1NC(C)N(CCN(C)C2CCCC2)C1=O. The first-order chi connectivity index (χ1) is 9.49. The average molecular weight is 281 g/mol. The smallest absolute Gasteiger partial charge is 0.241 e. The minimum absolute atomic E-state index is 0.0294. The molecule has 116 valence electrons. The summed E-state index contributed by atoms with van der Waals surface area (Å²) in [5.41, 5.74) is 0. The van der Waals surface area contributed by atoms with Gasteiger partial charge in [0.05, 0.1) is 12.2 Å². The number of carbonyl (C=O) groups is 1. The molecule has 2 aliphatic rings. The largest absolute Gasteiger partial charge is 0.325 e. The van der Waals surface area contributed by atoms with Crippen LogP contribution in [0.15, 0.2) is 0 Å². The van der Waals surface area contributed by atoms with Crippen molar-refractivity contribution in [3.05, 3.63) is 0 Å². The van der Waals surface area contributed by atoms with E-state index in [9.17, 15) is 4.79 Å². The van der Waals surface area contributed by atoms with Crippen molar-refractivity contribution in [2.24, 2.45) is 5.92 Å². The van der Waals surface area contributed by atoms with Gasteiger partial charge in [-0.25, -0.2) is 0 Å². The highest BCUT2D eigenvalue weighted by atomic mass is 16.2. The molecular weight excluding hydrogens is 250 g/mol. The van der Waals surface area contributed by atoms with Gasteiger partial charge in [-0.3, -0.25) is 10.1 Å². The molecule has 0 radical (unpaired) electrons. The summed E-state index contributed by atoms with van der Waals surface area (Å²) < 4.78 is 0. The fourth-order valence-electron chi connectivity index (χ4n) is 3.58. The lowest BCUT2D eigenvalue weighted by molar-refractivity contribution is -0.130. The zero-order chi connectivity index (χ0) is 14.7. The lowest BCUT2D eigenvalue weighted by Crippen LogP contribution is -2.42. The number of hydrogen-bond acceptors (Lipinski definition) is 3. The summed E-state index contributed by atoms with van der Waals surface area (Å²) in [5.74, 6) is 0.857. The third-order valence-electron chi connectivity index (χ3n) is 4.84. The Morgan fingerprint density at radius 2 is 2.00 bits per heavy atom. The van der Waals surface area contributed by atoms with Gasteiger partial charge in [0.15, 0.2) is 0 Å². The molecule has 4 nitrogen and oxygen atoms in total. The van der Waals surface area contributed by atoms with Crippen LogP contribution >= 0.6 is 0 Å². The van der Waals surface area contributed by atoms with Gasteiger partial charge in [0, 0.05) is 19.1 Å². The highest BCUT2D eigenvalue weighted by Gasteiger charge is 2.36.